The summed E-state index contributed by atoms with van der Waals surface area (Å²) < 4.78 is 17.8. The van der Waals surface area contributed by atoms with Gasteiger partial charge < -0.3 is 14.2 Å². The molecule has 0 amide bonds. The zero-order chi connectivity index (χ0) is 23.5. The van der Waals surface area contributed by atoms with Crippen molar-refractivity contribution in [3.8, 4) is 11.5 Å². The minimum atomic E-state index is -0.328. The Kier molecular flexibility index (Phi) is 7.47. The summed E-state index contributed by atoms with van der Waals surface area (Å²) in [6, 6.07) is 3.92. The summed E-state index contributed by atoms with van der Waals surface area (Å²) >= 11 is 0. The quantitative estimate of drug-likeness (QED) is 0.280. The van der Waals surface area contributed by atoms with Gasteiger partial charge in [0.1, 0.15) is 23.2 Å². The number of allylic oxidation sites excluding steroid dienone is 2. The number of fused-ring (bicyclic) bond motifs is 3. The average molecular weight is 441 g/mol. The van der Waals surface area contributed by atoms with E-state index < -0.39 is 0 Å². The maximum Gasteiger partial charge on any atom is 0.310 e. The van der Waals surface area contributed by atoms with E-state index in [1.165, 1.54) is 5.57 Å². The van der Waals surface area contributed by atoms with Crippen LogP contribution in [0.1, 0.15) is 90.7 Å². The highest BCUT2D eigenvalue weighted by atomic mass is 16.5. The van der Waals surface area contributed by atoms with E-state index in [-0.39, 0.29) is 29.6 Å². The third-order valence-corrected chi connectivity index (χ3v) is 6.50. The predicted molar refractivity (Wildman–Crippen MR) is 126 cm³/mol. The molecule has 0 N–H and O–H groups in total. The van der Waals surface area contributed by atoms with E-state index in [1.54, 1.807) is 13.8 Å². The average Bonchev–Trinajstić information content (AvgIpc) is 2.75. The molecular weight excluding hydrogens is 404 g/mol. The van der Waals surface area contributed by atoms with Gasteiger partial charge in [0.15, 0.2) is 0 Å². The number of carbonyl (C=O) groups excluding carboxylic acids is 2. The van der Waals surface area contributed by atoms with Gasteiger partial charge in [-0.25, -0.2) is 0 Å². The van der Waals surface area contributed by atoms with Crippen LogP contribution in [0.5, 0.6) is 11.5 Å². The molecule has 0 spiro atoms. The number of esters is 2. The zero-order valence-corrected chi connectivity index (χ0v) is 20.2. The molecule has 32 heavy (non-hydrogen) atoms. The highest BCUT2D eigenvalue weighted by Crippen LogP contribution is 2.54. The molecule has 0 saturated carbocycles. The first-order valence-electron chi connectivity index (χ1n) is 11.8. The fourth-order valence-electron chi connectivity index (χ4n) is 4.67. The maximum atomic E-state index is 12.2. The molecule has 1 aliphatic carbocycles. The zero-order valence-electron chi connectivity index (χ0n) is 20.2. The Hall–Kier alpha value is -2.56. The van der Waals surface area contributed by atoms with Gasteiger partial charge in [0.25, 0.3) is 0 Å². The highest BCUT2D eigenvalue weighted by molar-refractivity contribution is 5.74. The summed E-state index contributed by atoms with van der Waals surface area (Å²) in [5.74, 6) is 1.42. The number of ether oxygens (including phenoxy) is 3. The Bertz CT molecular complexity index is 924. The lowest BCUT2D eigenvalue weighted by molar-refractivity contribution is -0.146. The van der Waals surface area contributed by atoms with Gasteiger partial charge in [-0.3, -0.25) is 9.59 Å². The van der Waals surface area contributed by atoms with Crippen LogP contribution in [0.25, 0.3) is 6.08 Å². The number of rotatable bonds is 7. The molecule has 1 aliphatic heterocycles. The van der Waals surface area contributed by atoms with Crippen molar-refractivity contribution in [2.45, 2.75) is 91.3 Å². The van der Waals surface area contributed by atoms with Crippen LogP contribution in [0.4, 0.5) is 0 Å². The predicted octanol–water partition coefficient (Wildman–Crippen LogP) is 6.36. The van der Waals surface area contributed by atoms with Gasteiger partial charge in [0.2, 0.25) is 0 Å². The van der Waals surface area contributed by atoms with Crippen LogP contribution in [-0.4, -0.2) is 23.6 Å². The van der Waals surface area contributed by atoms with Crippen LogP contribution in [0.2, 0.25) is 0 Å². The molecule has 5 heteroatoms. The Morgan fingerprint density at radius 3 is 2.56 bits per heavy atom. The first-order chi connectivity index (χ1) is 15.2. The SMILES string of the molecule is CCC(=O)Oc1cc(/C=C/C(CC)OC(=O)CC)cc2c1C1CC(C)=CCC1C(C)(C)O2. The standard InChI is InChI=1S/C27H36O5/c1-7-19(30-24(28)8-2)12-11-18-15-22(31-25(29)9-3)26-20-14-17(4)10-13-21(20)27(5,6)32-23(26)16-18/h10-12,15-16,19-21H,7-9,13-14H2,1-6H3/b12-11+. The van der Waals surface area contributed by atoms with Crippen LogP contribution >= 0.6 is 0 Å². The largest absolute Gasteiger partial charge is 0.487 e. The fraction of sp³-hybridized carbons (Fsp3) is 0.556. The van der Waals surface area contributed by atoms with Gasteiger partial charge in [-0.2, -0.15) is 0 Å². The number of benzene rings is 1. The molecule has 0 radical (unpaired) electrons. The molecule has 1 aromatic rings. The van der Waals surface area contributed by atoms with Crippen molar-refractivity contribution >= 4 is 18.0 Å². The topological polar surface area (TPSA) is 61.8 Å². The van der Waals surface area contributed by atoms with Crippen molar-refractivity contribution in [1.82, 2.24) is 0 Å². The van der Waals surface area contributed by atoms with E-state index >= 15 is 0 Å². The Morgan fingerprint density at radius 1 is 1.19 bits per heavy atom. The van der Waals surface area contributed by atoms with Gasteiger partial charge in [-0.1, -0.05) is 38.5 Å². The fourth-order valence-corrected chi connectivity index (χ4v) is 4.67. The molecule has 3 atom stereocenters. The minimum absolute atomic E-state index is 0.221. The Morgan fingerprint density at radius 2 is 1.91 bits per heavy atom. The minimum Gasteiger partial charge on any atom is -0.487 e. The lowest BCUT2D eigenvalue weighted by atomic mass is 9.67. The van der Waals surface area contributed by atoms with Crippen LogP contribution in [-0.2, 0) is 14.3 Å². The third kappa shape index (κ3) is 5.25. The summed E-state index contributed by atoms with van der Waals surface area (Å²) in [5.41, 5.74) is 2.87. The van der Waals surface area contributed by atoms with E-state index in [9.17, 15) is 9.59 Å². The first-order valence-corrected chi connectivity index (χ1v) is 11.8. The second kappa shape index (κ2) is 9.93. The van der Waals surface area contributed by atoms with Crippen molar-refractivity contribution in [2.24, 2.45) is 5.92 Å². The lowest BCUT2D eigenvalue weighted by Crippen LogP contribution is -2.45. The third-order valence-electron chi connectivity index (χ3n) is 6.50. The number of hydrogen-bond donors (Lipinski definition) is 0. The van der Waals surface area contributed by atoms with Crippen molar-refractivity contribution in [3.05, 3.63) is 41.0 Å². The molecule has 1 heterocycles. The summed E-state index contributed by atoms with van der Waals surface area (Å²) in [6.45, 7) is 12.0. The van der Waals surface area contributed by atoms with Crippen molar-refractivity contribution in [2.75, 3.05) is 0 Å². The monoisotopic (exact) mass is 440 g/mol. The smallest absolute Gasteiger partial charge is 0.310 e. The van der Waals surface area contributed by atoms with Crippen LogP contribution in [0.15, 0.2) is 29.9 Å². The Labute approximate surface area is 191 Å². The van der Waals surface area contributed by atoms with Gasteiger partial charge in [-0.05, 0) is 63.8 Å². The summed E-state index contributed by atoms with van der Waals surface area (Å²) in [6.07, 6.45) is 9.01. The molecule has 0 bridgehead atoms. The molecular formula is C27H36O5. The maximum absolute atomic E-state index is 12.2. The molecule has 1 aromatic carbocycles. The number of carbonyl (C=O) groups is 2. The summed E-state index contributed by atoms with van der Waals surface area (Å²) in [7, 11) is 0. The second-order valence-electron chi connectivity index (χ2n) is 9.32. The van der Waals surface area contributed by atoms with Crippen molar-refractivity contribution in [3.63, 3.8) is 0 Å². The summed E-state index contributed by atoms with van der Waals surface area (Å²) in [4.78, 5) is 23.9. The Balaban J connectivity index is 2.03. The lowest BCUT2D eigenvalue weighted by Gasteiger charge is -2.47. The summed E-state index contributed by atoms with van der Waals surface area (Å²) in [5, 5.41) is 0. The van der Waals surface area contributed by atoms with E-state index in [0.717, 1.165) is 29.7 Å². The molecule has 3 rings (SSSR count). The molecule has 174 valence electrons. The van der Waals surface area contributed by atoms with Crippen LogP contribution in [0, 0.1) is 5.92 Å². The van der Waals surface area contributed by atoms with Crippen molar-refractivity contribution in [1.29, 1.82) is 0 Å². The van der Waals surface area contributed by atoms with Gasteiger partial charge in [-0.15, -0.1) is 0 Å². The van der Waals surface area contributed by atoms with E-state index in [0.29, 0.717) is 30.9 Å². The van der Waals surface area contributed by atoms with E-state index in [1.807, 2.05) is 31.2 Å². The van der Waals surface area contributed by atoms with Crippen LogP contribution in [0.3, 0.4) is 0 Å². The molecule has 3 unspecified atom stereocenters. The van der Waals surface area contributed by atoms with E-state index in [2.05, 4.69) is 26.8 Å². The molecule has 0 fully saturated rings. The molecule has 0 saturated heterocycles. The molecule has 0 aromatic heterocycles. The van der Waals surface area contributed by atoms with Gasteiger partial charge in [0.05, 0.1) is 0 Å². The van der Waals surface area contributed by atoms with Crippen LogP contribution < -0.4 is 9.47 Å². The normalized spacial score (nSPS) is 22.2. The van der Waals surface area contributed by atoms with Gasteiger partial charge >= 0.3 is 11.9 Å². The van der Waals surface area contributed by atoms with Gasteiger partial charge in [0, 0.05) is 30.2 Å². The highest BCUT2D eigenvalue weighted by Gasteiger charge is 2.46. The second-order valence-corrected chi connectivity index (χ2v) is 9.32. The van der Waals surface area contributed by atoms with E-state index in [4.69, 9.17) is 14.2 Å². The molecule has 5 nitrogen and oxygen atoms in total. The van der Waals surface area contributed by atoms with Crippen molar-refractivity contribution < 1.29 is 23.8 Å². The number of hydrogen-bond acceptors (Lipinski definition) is 5. The molecule has 2 aliphatic rings. The first kappa shape index (κ1) is 24.1.